The number of hydrogen-bond donors (Lipinski definition) is 1. The standard InChI is InChI=1S/C21H15ClF4N2O6/c1-27-17(21(24,25)26)8-18(29)28(20(27)32)15-7-16(13(22)6-14(15)23)34-9-11-3-2-4-12(5-11)33-10-19(30)31/h2-8H,9-10H2,1H3,(H,30,31). The molecule has 1 heterocycles. The van der Waals surface area contributed by atoms with Gasteiger partial charge in [0, 0.05) is 19.2 Å². The highest BCUT2D eigenvalue weighted by Crippen LogP contribution is 2.31. The van der Waals surface area contributed by atoms with Crippen molar-refractivity contribution in [3.05, 3.63) is 85.4 Å². The maximum Gasteiger partial charge on any atom is 0.431 e. The molecule has 0 saturated heterocycles. The Balaban J connectivity index is 1.95. The fraction of sp³-hybridized carbons (Fsp3) is 0.190. The van der Waals surface area contributed by atoms with Gasteiger partial charge in [0.1, 0.15) is 29.6 Å². The summed E-state index contributed by atoms with van der Waals surface area (Å²) in [5.74, 6) is -2.23. The van der Waals surface area contributed by atoms with Crippen molar-refractivity contribution in [2.75, 3.05) is 6.61 Å². The van der Waals surface area contributed by atoms with Crippen LogP contribution in [0.3, 0.4) is 0 Å². The average molecular weight is 503 g/mol. The van der Waals surface area contributed by atoms with Crippen molar-refractivity contribution in [2.45, 2.75) is 12.8 Å². The Morgan fingerprint density at radius 3 is 2.47 bits per heavy atom. The summed E-state index contributed by atoms with van der Waals surface area (Å²) in [5, 5.41) is 8.46. The zero-order valence-electron chi connectivity index (χ0n) is 17.2. The first-order valence-electron chi connectivity index (χ1n) is 9.34. The first-order chi connectivity index (χ1) is 15.9. The lowest BCUT2D eigenvalue weighted by Gasteiger charge is -2.16. The molecule has 0 aliphatic rings. The third-order valence-corrected chi connectivity index (χ3v) is 4.80. The molecule has 3 aromatic rings. The number of carboxylic acid groups (broad SMARTS) is 1. The minimum atomic E-state index is -4.97. The van der Waals surface area contributed by atoms with Crippen molar-refractivity contribution in [2.24, 2.45) is 7.05 Å². The molecule has 3 rings (SSSR count). The van der Waals surface area contributed by atoms with Crippen molar-refractivity contribution in [3.63, 3.8) is 0 Å². The van der Waals surface area contributed by atoms with Crippen LogP contribution in [0.1, 0.15) is 11.3 Å². The van der Waals surface area contributed by atoms with Gasteiger partial charge in [-0.1, -0.05) is 23.7 Å². The molecule has 1 aromatic heterocycles. The highest BCUT2D eigenvalue weighted by molar-refractivity contribution is 6.32. The zero-order valence-corrected chi connectivity index (χ0v) is 18.0. The molecule has 0 aliphatic heterocycles. The summed E-state index contributed by atoms with van der Waals surface area (Å²) in [5.41, 5.74) is -4.46. The van der Waals surface area contributed by atoms with E-state index in [2.05, 4.69) is 0 Å². The SMILES string of the molecule is Cn1c(C(F)(F)F)cc(=O)n(-c2cc(OCc3cccc(OCC(=O)O)c3)c(Cl)cc2F)c1=O. The van der Waals surface area contributed by atoms with Gasteiger partial charge in [-0.05, 0) is 23.8 Å². The molecule has 2 aromatic carbocycles. The van der Waals surface area contributed by atoms with Crippen LogP contribution < -0.4 is 20.7 Å². The van der Waals surface area contributed by atoms with E-state index in [0.717, 1.165) is 19.2 Å². The molecule has 34 heavy (non-hydrogen) atoms. The molecule has 0 atom stereocenters. The molecule has 8 nitrogen and oxygen atoms in total. The van der Waals surface area contributed by atoms with Crippen LogP contribution in [0.25, 0.3) is 5.69 Å². The number of halogens is 5. The number of nitrogens with zero attached hydrogens (tertiary/aromatic N) is 2. The van der Waals surface area contributed by atoms with Crippen LogP contribution in [-0.2, 0) is 24.6 Å². The third kappa shape index (κ3) is 5.39. The summed E-state index contributed by atoms with van der Waals surface area (Å²) >= 11 is 5.99. The fourth-order valence-electron chi connectivity index (χ4n) is 2.95. The lowest BCUT2D eigenvalue weighted by atomic mass is 10.2. The maximum absolute atomic E-state index is 14.6. The van der Waals surface area contributed by atoms with Gasteiger partial charge in [-0.3, -0.25) is 9.36 Å². The van der Waals surface area contributed by atoms with Crippen molar-refractivity contribution in [3.8, 4) is 17.2 Å². The molecule has 0 amide bonds. The van der Waals surface area contributed by atoms with Gasteiger partial charge in [-0.25, -0.2) is 18.5 Å². The van der Waals surface area contributed by atoms with E-state index in [1.54, 1.807) is 12.1 Å². The number of benzene rings is 2. The third-order valence-electron chi connectivity index (χ3n) is 4.51. The van der Waals surface area contributed by atoms with Gasteiger partial charge in [0.25, 0.3) is 5.56 Å². The Hall–Kier alpha value is -3.80. The molecule has 0 radical (unpaired) electrons. The Labute approximate surface area is 193 Å². The van der Waals surface area contributed by atoms with E-state index < -0.39 is 47.2 Å². The lowest BCUT2D eigenvalue weighted by Crippen LogP contribution is -2.41. The fourth-order valence-corrected chi connectivity index (χ4v) is 3.16. The number of aliphatic carboxylic acids is 1. The van der Waals surface area contributed by atoms with Gasteiger partial charge in [-0.2, -0.15) is 13.2 Å². The molecule has 0 aliphatic carbocycles. The van der Waals surface area contributed by atoms with Crippen LogP contribution in [0.4, 0.5) is 17.6 Å². The minimum absolute atomic E-state index is 0.158. The first kappa shape index (κ1) is 24.8. The van der Waals surface area contributed by atoms with Gasteiger partial charge >= 0.3 is 17.8 Å². The van der Waals surface area contributed by atoms with Gasteiger partial charge in [0.2, 0.25) is 0 Å². The predicted octanol–water partition coefficient (Wildman–Crippen LogP) is 3.39. The number of hydrogen-bond acceptors (Lipinski definition) is 5. The second-order valence-corrected chi connectivity index (χ2v) is 7.30. The monoisotopic (exact) mass is 502 g/mol. The van der Waals surface area contributed by atoms with E-state index in [9.17, 15) is 31.9 Å². The smallest absolute Gasteiger partial charge is 0.431 e. The molecule has 0 bridgehead atoms. The summed E-state index contributed by atoms with van der Waals surface area (Å²) in [7, 11) is 0.797. The summed E-state index contributed by atoms with van der Waals surface area (Å²) in [6.07, 6.45) is -4.97. The van der Waals surface area contributed by atoms with E-state index in [-0.39, 0.29) is 38.3 Å². The number of carboxylic acids is 1. The Bertz CT molecular complexity index is 1370. The highest BCUT2D eigenvalue weighted by atomic mass is 35.5. The number of carbonyl (C=O) groups is 1. The molecule has 0 saturated carbocycles. The summed E-state index contributed by atoms with van der Waals surface area (Å²) in [4.78, 5) is 35.4. The summed E-state index contributed by atoms with van der Waals surface area (Å²) < 4.78 is 64.8. The number of ether oxygens (including phenoxy) is 2. The minimum Gasteiger partial charge on any atom is -0.487 e. The normalized spacial score (nSPS) is 11.4. The largest absolute Gasteiger partial charge is 0.487 e. The van der Waals surface area contributed by atoms with Gasteiger partial charge in [-0.15, -0.1) is 0 Å². The maximum atomic E-state index is 14.6. The van der Waals surface area contributed by atoms with E-state index in [1.165, 1.54) is 12.1 Å². The molecule has 0 unspecified atom stereocenters. The van der Waals surface area contributed by atoms with Crippen molar-refractivity contribution < 1.29 is 36.9 Å². The predicted molar refractivity (Wildman–Crippen MR) is 111 cm³/mol. The van der Waals surface area contributed by atoms with Crippen LogP contribution in [0.15, 0.2) is 52.1 Å². The van der Waals surface area contributed by atoms with Crippen LogP contribution in [0.2, 0.25) is 5.02 Å². The molecule has 13 heteroatoms. The zero-order chi connectivity index (χ0) is 25.2. The topological polar surface area (TPSA) is 99.8 Å². The second-order valence-electron chi connectivity index (χ2n) is 6.90. The highest BCUT2D eigenvalue weighted by Gasteiger charge is 2.35. The quantitative estimate of drug-likeness (QED) is 0.497. The van der Waals surface area contributed by atoms with Crippen molar-refractivity contribution >= 4 is 17.6 Å². The number of aromatic nitrogens is 2. The van der Waals surface area contributed by atoms with Crippen molar-refractivity contribution in [1.82, 2.24) is 9.13 Å². The number of alkyl halides is 3. The molecule has 0 fully saturated rings. The first-order valence-corrected chi connectivity index (χ1v) is 9.72. The summed E-state index contributed by atoms with van der Waals surface area (Å²) in [6.45, 7) is -0.719. The van der Waals surface area contributed by atoms with E-state index in [1.807, 2.05) is 0 Å². The van der Waals surface area contributed by atoms with E-state index in [4.69, 9.17) is 26.2 Å². The van der Waals surface area contributed by atoms with Crippen LogP contribution >= 0.6 is 11.6 Å². The molecular formula is C21H15ClF4N2O6. The van der Waals surface area contributed by atoms with Gasteiger partial charge in [0.15, 0.2) is 6.61 Å². The number of rotatable bonds is 7. The summed E-state index contributed by atoms with van der Waals surface area (Å²) in [6, 6.07) is 8.03. The van der Waals surface area contributed by atoms with Gasteiger partial charge in [0.05, 0.1) is 10.7 Å². The van der Waals surface area contributed by atoms with E-state index in [0.29, 0.717) is 5.56 Å². The Morgan fingerprint density at radius 2 is 1.82 bits per heavy atom. The Kier molecular flexibility index (Phi) is 7.01. The van der Waals surface area contributed by atoms with Crippen molar-refractivity contribution in [1.29, 1.82) is 0 Å². The van der Waals surface area contributed by atoms with Gasteiger partial charge < -0.3 is 14.6 Å². The van der Waals surface area contributed by atoms with Crippen LogP contribution in [0.5, 0.6) is 11.5 Å². The molecule has 180 valence electrons. The van der Waals surface area contributed by atoms with Crippen LogP contribution in [0, 0.1) is 5.82 Å². The molecule has 0 spiro atoms. The second kappa shape index (κ2) is 9.59. The van der Waals surface area contributed by atoms with E-state index >= 15 is 0 Å². The average Bonchev–Trinajstić information content (AvgIpc) is 2.75. The lowest BCUT2D eigenvalue weighted by molar-refractivity contribution is -0.144. The Morgan fingerprint density at radius 1 is 1.12 bits per heavy atom. The molecule has 1 N–H and O–H groups in total. The van der Waals surface area contributed by atoms with Crippen LogP contribution in [-0.4, -0.2) is 26.8 Å². The molecular weight excluding hydrogens is 488 g/mol.